The molecule has 5 rings (SSSR count). The summed E-state index contributed by atoms with van der Waals surface area (Å²) in [6.07, 6.45) is -42.4. The number of ether oxygens (including phenoxy) is 9. The summed E-state index contributed by atoms with van der Waals surface area (Å²) in [4.78, 5) is 24.3. The molecule has 0 spiro atoms. The lowest BCUT2D eigenvalue weighted by Gasteiger charge is -2.50. The molecule has 0 aromatic rings. The maximum atomic E-state index is 12.5. The third kappa shape index (κ3) is 11.0. The van der Waals surface area contributed by atoms with Crippen LogP contribution in [-0.4, -0.2) is 275 Å². The molecule has 28 nitrogen and oxygen atoms in total. The van der Waals surface area contributed by atoms with Gasteiger partial charge < -0.3 is 130 Å². The quantitative estimate of drug-likeness (QED) is 0.0725. The maximum absolute atomic E-state index is 12.5. The fourth-order valence-electron chi connectivity index (χ4n) is 7.72. The van der Waals surface area contributed by atoms with Gasteiger partial charge in [0, 0.05) is 13.8 Å². The van der Waals surface area contributed by atoms with E-state index in [9.17, 15) is 86.2 Å². The normalized spacial score (nSPS) is 49.0. The van der Waals surface area contributed by atoms with Gasteiger partial charge in [-0.1, -0.05) is 0 Å². The zero-order valence-electron chi connectivity index (χ0n) is 33.2. The van der Waals surface area contributed by atoms with E-state index in [1.807, 2.05) is 0 Å². The molecule has 5 heterocycles. The summed E-state index contributed by atoms with van der Waals surface area (Å²) in [7, 11) is 0. The van der Waals surface area contributed by atoms with Crippen molar-refractivity contribution in [3.05, 3.63) is 0 Å². The van der Waals surface area contributed by atoms with E-state index in [1.165, 1.54) is 0 Å². The fraction of sp³-hybridized carbons (Fsp3) is 0.941. The van der Waals surface area contributed by atoms with E-state index in [4.69, 9.17) is 42.6 Å². The molecule has 0 aliphatic carbocycles. The molecular formula is C34H58N2O26. The van der Waals surface area contributed by atoms with Gasteiger partial charge in [0.05, 0.1) is 33.0 Å². The lowest BCUT2D eigenvalue weighted by Crippen LogP contribution is -2.70. The monoisotopic (exact) mass is 910 g/mol. The highest BCUT2D eigenvalue weighted by atomic mass is 16.8. The minimum absolute atomic E-state index is 0.697. The highest BCUT2D eigenvalue weighted by Gasteiger charge is 2.56. The molecule has 0 bridgehead atoms. The molecular weight excluding hydrogens is 852 g/mol. The van der Waals surface area contributed by atoms with Gasteiger partial charge >= 0.3 is 0 Å². The van der Waals surface area contributed by atoms with Crippen LogP contribution in [0.15, 0.2) is 0 Å². The summed E-state index contributed by atoms with van der Waals surface area (Å²) < 4.78 is 51.1. The van der Waals surface area contributed by atoms with Crippen LogP contribution in [0, 0.1) is 0 Å². The van der Waals surface area contributed by atoms with E-state index in [1.54, 1.807) is 0 Å². The molecule has 0 aromatic heterocycles. The van der Waals surface area contributed by atoms with Crippen molar-refractivity contribution in [3.63, 3.8) is 0 Å². The Balaban J connectivity index is 1.43. The topological polar surface area (TPSA) is 445 Å². The fourth-order valence-corrected chi connectivity index (χ4v) is 7.72. The van der Waals surface area contributed by atoms with Crippen LogP contribution in [0.25, 0.3) is 0 Å². The molecule has 5 fully saturated rings. The van der Waals surface area contributed by atoms with Crippen LogP contribution in [0.4, 0.5) is 0 Å². The van der Waals surface area contributed by atoms with E-state index >= 15 is 0 Å². The van der Waals surface area contributed by atoms with Crippen LogP contribution < -0.4 is 10.6 Å². The number of rotatable bonds is 15. The number of nitrogens with one attached hydrogen (secondary N) is 2. The smallest absolute Gasteiger partial charge is 0.217 e. The third-order valence-electron chi connectivity index (χ3n) is 11.1. The average Bonchev–Trinajstić information content (AvgIpc) is 3.23. The summed E-state index contributed by atoms with van der Waals surface area (Å²) >= 11 is 0. The van der Waals surface area contributed by atoms with Crippen molar-refractivity contribution < 1.29 is 129 Å². The molecule has 2 amide bonds. The van der Waals surface area contributed by atoms with E-state index in [0.29, 0.717) is 0 Å². The van der Waals surface area contributed by atoms with Gasteiger partial charge in [-0.3, -0.25) is 9.59 Å². The van der Waals surface area contributed by atoms with Gasteiger partial charge in [0.25, 0.3) is 0 Å². The van der Waals surface area contributed by atoms with Crippen LogP contribution in [0.2, 0.25) is 0 Å². The zero-order chi connectivity index (χ0) is 45.9. The first-order chi connectivity index (χ1) is 29.3. The van der Waals surface area contributed by atoms with Crippen molar-refractivity contribution in [1.29, 1.82) is 0 Å². The van der Waals surface area contributed by atoms with Crippen LogP contribution in [0.3, 0.4) is 0 Å². The molecule has 5 saturated heterocycles. The third-order valence-corrected chi connectivity index (χ3v) is 11.1. The second kappa shape index (κ2) is 22.0. The first kappa shape index (κ1) is 51.0. The zero-order valence-corrected chi connectivity index (χ0v) is 33.2. The number of carbonyl (C=O) groups is 2. The van der Waals surface area contributed by atoms with Gasteiger partial charge in [-0.05, 0) is 0 Å². The second-order valence-corrected chi connectivity index (χ2v) is 15.5. The van der Waals surface area contributed by atoms with Crippen molar-refractivity contribution in [2.45, 2.75) is 167 Å². The molecule has 0 saturated carbocycles. The maximum Gasteiger partial charge on any atom is 0.217 e. The Morgan fingerprint density at radius 3 is 1.35 bits per heavy atom. The highest BCUT2D eigenvalue weighted by Crippen LogP contribution is 2.35. The van der Waals surface area contributed by atoms with Crippen LogP contribution in [0.1, 0.15) is 13.8 Å². The molecule has 62 heavy (non-hydrogen) atoms. The van der Waals surface area contributed by atoms with Crippen molar-refractivity contribution in [2.75, 3.05) is 33.0 Å². The predicted molar refractivity (Wildman–Crippen MR) is 190 cm³/mol. The SMILES string of the molecule is CC(=O)N[C@@H]1[C@@H](O)[C@H](O[C@H]2O[C@H](CO)[C@@H](O[C@H]3O[C@H](CO[C@H]4O[C@H](CO)[C@@H](O)[C@H](O)[C@@H]4O)[C@@H](O)[C@H](O)[C@@H]3O[C@H]3O[C@H](CO)[C@@H](O)[C@H](O)[C@@H]3O)[C@H](O)[C@H]2NC(C)=O)[C@@H](CO)O[C@@H]1O. The summed E-state index contributed by atoms with van der Waals surface area (Å²) in [5, 5.41) is 163. The Kier molecular flexibility index (Phi) is 18.1. The predicted octanol–water partition coefficient (Wildman–Crippen LogP) is -11.6. The Morgan fingerprint density at radius 1 is 0.419 bits per heavy atom. The summed E-state index contributed by atoms with van der Waals surface area (Å²) in [6.45, 7) is -2.32. The van der Waals surface area contributed by atoms with Crippen molar-refractivity contribution in [3.8, 4) is 0 Å². The van der Waals surface area contributed by atoms with E-state index in [2.05, 4.69) is 10.6 Å². The van der Waals surface area contributed by atoms with E-state index < -0.39 is 198 Å². The highest BCUT2D eigenvalue weighted by molar-refractivity contribution is 5.73. The van der Waals surface area contributed by atoms with Crippen molar-refractivity contribution in [1.82, 2.24) is 10.6 Å². The molecule has 360 valence electrons. The van der Waals surface area contributed by atoms with Gasteiger partial charge in [0.2, 0.25) is 11.8 Å². The molecule has 0 aromatic carbocycles. The Labute approximate surface area is 351 Å². The van der Waals surface area contributed by atoms with Gasteiger partial charge in [-0.2, -0.15) is 0 Å². The molecule has 5 aliphatic rings. The Bertz CT molecular complexity index is 1440. The standard InChI is InChI=1S/C34H58N2O26/c1-8(41)35-15-20(46)27(12(5-39)55-30(15)53)60-31-16(36-9(2)42)21(47)28(13(6-40)58-31)61-34-29(62-33-26(52)23(49)18(44)11(4-38)57-33)24(50)19(45)14(59-34)7-54-32-25(51)22(48)17(43)10(3-37)56-32/h10-34,37-40,43-53H,3-7H2,1-2H3,(H,35,41)(H,36,42)/t10-,11-,12-,13-,14-,15-,16-,17-,18-,19-,20-,21-,22+,23+,24+,25+,26+,27-,28-,29+,30+,31-,32+,33-,34-/m1/s1. The molecule has 25 atom stereocenters. The van der Waals surface area contributed by atoms with Crippen molar-refractivity contribution >= 4 is 11.8 Å². The largest absolute Gasteiger partial charge is 0.394 e. The summed E-state index contributed by atoms with van der Waals surface area (Å²) in [6, 6.07) is -3.21. The minimum atomic E-state index is -2.16. The molecule has 0 unspecified atom stereocenters. The van der Waals surface area contributed by atoms with Gasteiger partial charge in [-0.15, -0.1) is 0 Å². The van der Waals surface area contributed by atoms with Crippen LogP contribution in [0.5, 0.6) is 0 Å². The average molecular weight is 911 g/mol. The first-order valence-corrected chi connectivity index (χ1v) is 19.6. The van der Waals surface area contributed by atoms with E-state index in [0.717, 1.165) is 13.8 Å². The minimum Gasteiger partial charge on any atom is -0.394 e. The number of amides is 2. The number of aliphatic hydroxyl groups is 15. The number of carbonyl (C=O) groups excluding carboxylic acids is 2. The van der Waals surface area contributed by atoms with Crippen LogP contribution in [-0.2, 0) is 52.2 Å². The molecule has 17 N–H and O–H groups in total. The molecule has 5 aliphatic heterocycles. The van der Waals surface area contributed by atoms with E-state index in [-0.39, 0.29) is 0 Å². The molecule has 0 radical (unpaired) electrons. The Hall–Kier alpha value is -2.02. The first-order valence-electron chi connectivity index (χ1n) is 19.6. The summed E-state index contributed by atoms with van der Waals surface area (Å²) in [5.41, 5.74) is 0. The number of hydrogen-bond acceptors (Lipinski definition) is 26. The van der Waals surface area contributed by atoms with Gasteiger partial charge in [0.15, 0.2) is 31.5 Å². The number of aliphatic hydroxyl groups excluding tert-OH is 15. The Morgan fingerprint density at radius 2 is 0.823 bits per heavy atom. The van der Waals surface area contributed by atoms with Gasteiger partial charge in [-0.25, -0.2) is 0 Å². The molecule has 28 heteroatoms. The van der Waals surface area contributed by atoms with Crippen molar-refractivity contribution in [2.24, 2.45) is 0 Å². The number of hydrogen-bond donors (Lipinski definition) is 17. The lowest BCUT2D eigenvalue weighted by atomic mass is 9.94. The van der Waals surface area contributed by atoms with Gasteiger partial charge in [0.1, 0.15) is 122 Å². The lowest BCUT2D eigenvalue weighted by molar-refractivity contribution is -0.391. The van der Waals surface area contributed by atoms with Crippen LogP contribution >= 0.6 is 0 Å². The second-order valence-electron chi connectivity index (χ2n) is 15.5. The summed E-state index contributed by atoms with van der Waals surface area (Å²) in [5.74, 6) is -1.50.